The van der Waals surface area contributed by atoms with Crippen LogP contribution in [0.15, 0.2) is 14.3 Å². The Morgan fingerprint density at radius 2 is 2.39 bits per heavy atom. The Morgan fingerprint density at radius 1 is 1.61 bits per heavy atom. The third kappa shape index (κ3) is 3.15. The molecule has 0 saturated carbocycles. The maximum absolute atomic E-state index is 12.5. The predicted molar refractivity (Wildman–Crippen MR) is 82.3 cm³/mol. The van der Waals surface area contributed by atoms with Gasteiger partial charge in [-0.15, -0.1) is 11.3 Å². The number of carbonyl (C=O) groups is 1. The quantitative estimate of drug-likeness (QED) is 0.849. The second-order valence-corrected chi connectivity index (χ2v) is 7.55. The lowest BCUT2D eigenvalue weighted by molar-refractivity contribution is 0.0667. The van der Waals surface area contributed by atoms with Gasteiger partial charge >= 0.3 is 0 Å². The Hall–Kier alpha value is 0.0900. The minimum atomic E-state index is 0.141. The van der Waals surface area contributed by atoms with E-state index in [-0.39, 0.29) is 5.91 Å². The summed E-state index contributed by atoms with van der Waals surface area (Å²) >= 11 is 8.36. The van der Waals surface area contributed by atoms with Gasteiger partial charge in [-0.05, 0) is 64.2 Å². The van der Waals surface area contributed by atoms with Crippen LogP contribution in [0.3, 0.4) is 0 Å². The summed E-state index contributed by atoms with van der Waals surface area (Å²) in [6.07, 6.45) is 2.24. The van der Waals surface area contributed by atoms with Gasteiger partial charge in [0.15, 0.2) is 0 Å². The Morgan fingerprint density at radius 3 is 2.89 bits per heavy atom. The molecule has 1 fully saturated rings. The Kier molecular flexibility index (Phi) is 5.24. The van der Waals surface area contributed by atoms with Crippen LogP contribution in [0.25, 0.3) is 0 Å². The standard InChI is InChI=1S/C12H16Br2N2OS/c1-2-16(8-4-3-5-15-7-8)12(17)10-6-9(13)11(14)18-10/h6,8,15H,2-5,7H2,1H3. The number of carbonyl (C=O) groups excluding carboxylic acids is 1. The van der Waals surface area contributed by atoms with Crippen molar-refractivity contribution in [1.29, 1.82) is 0 Å². The third-order valence-electron chi connectivity index (χ3n) is 3.17. The molecule has 0 bridgehead atoms. The normalized spacial score (nSPS) is 19.8. The van der Waals surface area contributed by atoms with Crippen LogP contribution in [0, 0.1) is 0 Å². The van der Waals surface area contributed by atoms with Gasteiger partial charge in [-0.3, -0.25) is 4.79 Å². The first-order valence-electron chi connectivity index (χ1n) is 6.10. The second-order valence-electron chi connectivity index (χ2n) is 4.32. The SMILES string of the molecule is CCN(C(=O)c1cc(Br)c(Br)s1)C1CCCNC1. The summed E-state index contributed by atoms with van der Waals surface area (Å²) in [5.74, 6) is 0.141. The van der Waals surface area contributed by atoms with Crippen molar-refractivity contribution in [2.45, 2.75) is 25.8 Å². The number of nitrogens with zero attached hydrogens (tertiary/aromatic N) is 1. The number of nitrogens with one attached hydrogen (secondary N) is 1. The number of hydrogen-bond donors (Lipinski definition) is 1. The zero-order valence-electron chi connectivity index (χ0n) is 10.2. The number of halogens is 2. The molecule has 1 amide bonds. The maximum atomic E-state index is 12.5. The summed E-state index contributed by atoms with van der Waals surface area (Å²) in [5.41, 5.74) is 0. The molecule has 1 unspecified atom stereocenters. The molecule has 3 nitrogen and oxygen atoms in total. The first kappa shape index (κ1) is 14.5. The average Bonchev–Trinajstić information content (AvgIpc) is 2.72. The van der Waals surface area contributed by atoms with Gasteiger partial charge in [0.1, 0.15) is 0 Å². The lowest BCUT2D eigenvalue weighted by atomic mass is 10.1. The summed E-state index contributed by atoms with van der Waals surface area (Å²) < 4.78 is 1.93. The second kappa shape index (κ2) is 6.50. The lowest BCUT2D eigenvalue weighted by Gasteiger charge is -2.33. The number of rotatable bonds is 3. The van der Waals surface area contributed by atoms with Crippen LogP contribution in [0.1, 0.15) is 29.4 Å². The molecule has 18 heavy (non-hydrogen) atoms. The Balaban J connectivity index is 2.13. The number of amides is 1. The molecule has 0 aromatic carbocycles. The van der Waals surface area contributed by atoms with E-state index in [1.165, 1.54) is 11.3 Å². The molecule has 1 aliphatic heterocycles. The fourth-order valence-corrected chi connectivity index (χ4v) is 4.25. The summed E-state index contributed by atoms with van der Waals surface area (Å²) in [4.78, 5) is 15.3. The van der Waals surface area contributed by atoms with E-state index in [1.54, 1.807) is 0 Å². The van der Waals surface area contributed by atoms with Crippen LogP contribution in [0.2, 0.25) is 0 Å². The molecule has 1 N–H and O–H groups in total. The highest BCUT2D eigenvalue weighted by Crippen LogP contribution is 2.33. The molecule has 1 aromatic heterocycles. The minimum Gasteiger partial charge on any atom is -0.334 e. The van der Waals surface area contributed by atoms with Gasteiger partial charge in [0.25, 0.3) is 5.91 Å². The van der Waals surface area contributed by atoms with Crippen molar-refractivity contribution in [3.63, 3.8) is 0 Å². The molecule has 100 valence electrons. The number of piperidine rings is 1. The average molecular weight is 396 g/mol. The molecule has 6 heteroatoms. The van der Waals surface area contributed by atoms with Gasteiger partial charge < -0.3 is 10.2 Å². The van der Waals surface area contributed by atoms with E-state index in [0.717, 1.165) is 45.6 Å². The molecule has 0 spiro atoms. The molecule has 1 atom stereocenters. The van der Waals surface area contributed by atoms with Gasteiger partial charge in [0.2, 0.25) is 0 Å². The molecular formula is C12H16Br2N2OS. The van der Waals surface area contributed by atoms with Crippen LogP contribution in [-0.4, -0.2) is 36.5 Å². The molecular weight excluding hydrogens is 380 g/mol. The summed E-state index contributed by atoms with van der Waals surface area (Å²) in [6, 6.07) is 2.23. The van der Waals surface area contributed by atoms with Crippen molar-refractivity contribution in [1.82, 2.24) is 10.2 Å². The van der Waals surface area contributed by atoms with E-state index in [1.807, 2.05) is 17.9 Å². The summed E-state index contributed by atoms with van der Waals surface area (Å²) in [5, 5.41) is 3.36. The van der Waals surface area contributed by atoms with E-state index in [9.17, 15) is 4.79 Å². The van der Waals surface area contributed by atoms with Crippen LogP contribution in [-0.2, 0) is 0 Å². The topological polar surface area (TPSA) is 32.3 Å². The van der Waals surface area contributed by atoms with Crippen LogP contribution < -0.4 is 5.32 Å². The highest BCUT2D eigenvalue weighted by molar-refractivity contribution is 9.13. The minimum absolute atomic E-state index is 0.141. The first-order valence-corrected chi connectivity index (χ1v) is 8.50. The zero-order chi connectivity index (χ0) is 13.1. The van der Waals surface area contributed by atoms with E-state index in [0.29, 0.717) is 6.04 Å². The Bertz CT molecular complexity index is 410. The first-order chi connectivity index (χ1) is 8.63. The van der Waals surface area contributed by atoms with Crippen molar-refractivity contribution in [3.05, 3.63) is 19.2 Å². The zero-order valence-corrected chi connectivity index (χ0v) is 14.2. The van der Waals surface area contributed by atoms with Gasteiger partial charge in [-0.25, -0.2) is 0 Å². The molecule has 1 aromatic rings. The third-order valence-corrected chi connectivity index (χ3v) is 6.41. The number of hydrogen-bond acceptors (Lipinski definition) is 3. The van der Waals surface area contributed by atoms with Crippen LogP contribution >= 0.6 is 43.2 Å². The largest absolute Gasteiger partial charge is 0.334 e. The van der Waals surface area contributed by atoms with Crippen molar-refractivity contribution in [2.75, 3.05) is 19.6 Å². The van der Waals surface area contributed by atoms with Crippen LogP contribution in [0.5, 0.6) is 0 Å². The fourth-order valence-electron chi connectivity index (χ4n) is 2.26. The van der Waals surface area contributed by atoms with Crippen molar-refractivity contribution in [2.24, 2.45) is 0 Å². The van der Waals surface area contributed by atoms with Gasteiger partial charge in [0, 0.05) is 23.6 Å². The van der Waals surface area contributed by atoms with Crippen molar-refractivity contribution in [3.8, 4) is 0 Å². The van der Waals surface area contributed by atoms with Gasteiger partial charge in [-0.1, -0.05) is 0 Å². The molecule has 2 rings (SSSR count). The van der Waals surface area contributed by atoms with Crippen molar-refractivity contribution < 1.29 is 4.79 Å². The lowest BCUT2D eigenvalue weighted by Crippen LogP contribution is -2.48. The number of thiophene rings is 1. The number of likely N-dealkylation sites (N-methyl/N-ethyl adjacent to an activating group) is 1. The fraction of sp³-hybridized carbons (Fsp3) is 0.583. The highest BCUT2D eigenvalue weighted by atomic mass is 79.9. The molecule has 0 radical (unpaired) electrons. The summed E-state index contributed by atoms with van der Waals surface area (Å²) in [7, 11) is 0. The summed E-state index contributed by atoms with van der Waals surface area (Å²) in [6.45, 7) is 4.79. The van der Waals surface area contributed by atoms with E-state index < -0.39 is 0 Å². The monoisotopic (exact) mass is 394 g/mol. The molecule has 2 heterocycles. The molecule has 1 saturated heterocycles. The highest BCUT2D eigenvalue weighted by Gasteiger charge is 2.26. The van der Waals surface area contributed by atoms with Crippen molar-refractivity contribution >= 4 is 49.1 Å². The predicted octanol–water partition coefficient (Wildman–Crippen LogP) is 3.49. The molecule has 0 aliphatic carbocycles. The van der Waals surface area contributed by atoms with E-state index in [4.69, 9.17) is 0 Å². The maximum Gasteiger partial charge on any atom is 0.264 e. The molecule has 1 aliphatic rings. The van der Waals surface area contributed by atoms with Gasteiger partial charge in [-0.2, -0.15) is 0 Å². The smallest absolute Gasteiger partial charge is 0.264 e. The Labute approximate surface area is 128 Å². The van der Waals surface area contributed by atoms with E-state index in [2.05, 4.69) is 37.2 Å². The van der Waals surface area contributed by atoms with E-state index >= 15 is 0 Å². The van der Waals surface area contributed by atoms with Gasteiger partial charge in [0.05, 0.1) is 8.66 Å². The van der Waals surface area contributed by atoms with Crippen LogP contribution in [0.4, 0.5) is 0 Å².